The molecule has 24 heavy (non-hydrogen) atoms. The molecule has 0 spiro atoms. The molecule has 0 aliphatic heterocycles. The lowest BCUT2D eigenvalue weighted by molar-refractivity contribution is -0.125. The molecule has 2 unspecified atom stereocenters. The van der Waals surface area contributed by atoms with Gasteiger partial charge >= 0.3 is 0 Å². The van der Waals surface area contributed by atoms with Gasteiger partial charge in [0, 0.05) is 18.7 Å². The number of amides is 1. The highest BCUT2D eigenvalue weighted by Crippen LogP contribution is 2.32. The summed E-state index contributed by atoms with van der Waals surface area (Å²) < 4.78 is 12.2. The lowest BCUT2D eigenvalue weighted by atomic mass is 10.0. The zero-order valence-corrected chi connectivity index (χ0v) is 14.3. The Morgan fingerprint density at radius 3 is 2.29 bits per heavy atom. The Hall–Kier alpha value is -2.24. The molecule has 0 aliphatic carbocycles. The van der Waals surface area contributed by atoms with Crippen molar-refractivity contribution in [2.75, 3.05) is 13.7 Å². The molecule has 2 rings (SSSR count). The molecule has 0 aromatic heterocycles. The third-order valence-corrected chi connectivity index (χ3v) is 3.87. The van der Waals surface area contributed by atoms with Crippen molar-refractivity contribution in [3.8, 4) is 11.5 Å². The van der Waals surface area contributed by atoms with Crippen LogP contribution in [0.2, 0.25) is 0 Å². The van der Waals surface area contributed by atoms with Gasteiger partial charge in [-0.1, -0.05) is 42.5 Å². The monoisotopic (exact) mass is 349 g/mol. The number of hydrogen-bond acceptors (Lipinski definition) is 4. The van der Waals surface area contributed by atoms with E-state index in [0.29, 0.717) is 11.5 Å². The molecule has 0 bridgehead atoms. The van der Waals surface area contributed by atoms with Crippen LogP contribution in [0.25, 0.3) is 0 Å². The quantitative estimate of drug-likeness (QED) is 0.780. The summed E-state index contributed by atoms with van der Waals surface area (Å²) >= 11 is 5.85. The molecule has 1 amide bonds. The van der Waals surface area contributed by atoms with Crippen LogP contribution in [0.3, 0.4) is 0 Å². The molecule has 6 heteroatoms. The van der Waals surface area contributed by atoms with Gasteiger partial charge in [-0.15, -0.1) is 0 Å². The number of carbonyl (C=O) groups excluding carboxylic acids is 1. The van der Waals surface area contributed by atoms with Crippen LogP contribution in [0.15, 0.2) is 54.6 Å². The Balaban J connectivity index is 2.28. The molecule has 2 atom stereocenters. The normalized spacial score (nSPS) is 13.0. The summed E-state index contributed by atoms with van der Waals surface area (Å²) in [7, 11) is 1.55. The summed E-state index contributed by atoms with van der Waals surface area (Å²) in [5.41, 5.74) is 0.768. The van der Waals surface area contributed by atoms with E-state index in [-0.39, 0.29) is 12.5 Å². The molecule has 0 saturated heterocycles. The van der Waals surface area contributed by atoms with Crippen molar-refractivity contribution in [1.29, 1.82) is 0 Å². The number of aliphatic hydroxyl groups is 1. The first-order valence-corrected chi connectivity index (χ1v) is 7.83. The molecule has 0 saturated carbocycles. The molecular formula is C18H20ClNO4. The third-order valence-electron chi connectivity index (χ3n) is 3.49. The number of halogens is 1. The van der Waals surface area contributed by atoms with Crippen molar-refractivity contribution < 1.29 is 19.4 Å². The fourth-order valence-corrected chi connectivity index (χ4v) is 2.39. The Kier molecular flexibility index (Phi) is 6.46. The standard InChI is InChI=1S/C18H20ClNO4/c1-13(21)20(19)12-15(22)18(14-8-4-3-5-9-14)24-17-11-7-6-10-16(17)23-2/h3-11,15,18,22H,12H2,1-2H3. The lowest BCUT2D eigenvalue weighted by Gasteiger charge is -2.27. The molecule has 0 aliphatic rings. The number of aliphatic hydroxyl groups excluding tert-OH is 1. The van der Waals surface area contributed by atoms with Crippen LogP contribution in [0.4, 0.5) is 0 Å². The van der Waals surface area contributed by atoms with E-state index >= 15 is 0 Å². The van der Waals surface area contributed by atoms with Crippen molar-refractivity contribution in [2.24, 2.45) is 0 Å². The van der Waals surface area contributed by atoms with Crippen molar-refractivity contribution in [3.63, 3.8) is 0 Å². The zero-order chi connectivity index (χ0) is 17.5. The number of rotatable bonds is 7. The number of carbonyl (C=O) groups is 1. The predicted molar refractivity (Wildman–Crippen MR) is 92.1 cm³/mol. The number of benzene rings is 2. The van der Waals surface area contributed by atoms with E-state index in [1.54, 1.807) is 19.2 Å². The number of ether oxygens (including phenoxy) is 2. The van der Waals surface area contributed by atoms with Crippen LogP contribution in [0, 0.1) is 0 Å². The molecule has 2 aromatic carbocycles. The smallest absolute Gasteiger partial charge is 0.233 e. The molecule has 0 fully saturated rings. The first kappa shape index (κ1) is 18.1. The first-order chi connectivity index (χ1) is 11.5. The fraction of sp³-hybridized carbons (Fsp3) is 0.278. The lowest BCUT2D eigenvalue weighted by Crippen LogP contribution is -2.35. The van der Waals surface area contributed by atoms with E-state index in [1.165, 1.54) is 6.92 Å². The van der Waals surface area contributed by atoms with Gasteiger partial charge in [0.1, 0.15) is 6.10 Å². The summed E-state index contributed by atoms with van der Waals surface area (Å²) in [6, 6.07) is 16.4. The second kappa shape index (κ2) is 8.57. The van der Waals surface area contributed by atoms with Gasteiger partial charge in [0.25, 0.3) is 0 Å². The molecule has 0 radical (unpaired) electrons. The minimum atomic E-state index is -1.02. The number of methoxy groups -OCH3 is 1. The molecule has 1 N–H and O–H groups in total. The van der Waals surface area contributed by atoms with E-state index in [1.807, 2.05) is 42.5 Å². The second-order valence-corrected chi connectivity index (χ2v) is 5.64. The molecule has 5 nitrogen and oxygen atoms in total. The van der Waals surface area contributed by atoms with Crippen molar-refractivity contribution >= 4 is 17.7 Å². The van der Waals surface area contributed by atoms with Gasteiger partial charge < -0.3 is 14.6 Å². The fourth-order valence-electron chi connectivity index (χ4n) is 2.25. The number of nitrogens with zero attached hydrogens (tertiary/aromatic N) is 1. The van der Waals surface area contributed by atoms with Crippen LogP contribution in [0.1, 0.15) is 18.6 Å². The average Bonchev–Trinajstić information content (AvgIpc) is 2.60. The van der Waals surface area contributed by atoms with Crippen LogP contribution in [-0.2, 0) is 4.79 Å². The van der Waals surface area contributed by atoms with Crippen LogP contribution < -0.4 is 9.47 Å². The van der Waals surface area contributed by atoms with Crippen molar-refractivity contribution in [3.05, 3.63) is 60.2 Å². The highest BCUT2D eigenvalue weighted by atomic mass is 35.5. The van der Waals surface area contributed by atoms with E-state index < -0.39 is 12.2 Å². The van der Waals surface area contributed by atoms with E-state index in [2.05, 4.69) is 0 Å². The van der Waals surface area contributed by atoms with Gasteiger partial charge in [0.2, 0.25) is 5.91 Å². The predicted octanol–water partition coefficient (Wildman–Crippen LogP) is 3.18. The summed E-state index contributed by atoms with van der Waals surface area (Å²) in [5.74, 6) is 0.705. The largest absolute Gasteiger partial charge is 0.493 e. The SMILES string of the molecule is COc1ccccc1OC(c1ccccc1)C(O)CN(Cl)C(C)=O. The summed E-state index contributed by atoms with van der Waals surface area (Å²) in [5, 5.41) is 10.6. The Morgan fingerprint density at radius 2 is 1.71 bits per heavy atom. The van der Waals surface area contributed by atoms with Crippen LogP contribution in [-0.4, -0.2) is 35.2 Å². The van der Waals surface area contributed by atoms with Gasteiger partial charge in [-0.05, 0) is 17.7 Å². The maximum absolute atomic E-state index is 11.3. The molecule has 0 heterocycles. The molecular weight excluding hydrogens is 330 g/mol. The van der Waals surface area contributed by atoms with Gasteiger partial charge in [0.15, 0.2) is 17.6 Å². The summed E-state index contributed by atoms with van der Waals surface area (Å²) in [6.45, 7) is 1.27. The average molecular weight is 350 g/mol. The van der Waals surface area contributed by atoms with Crippen molar-refractivity contribution in [2.45, 2.75) is 19.1 Å². The topological polar surface area (TPSA) is 59.0 Å². The van der Waals surface area contributed by atoms with Gasteiger partial charge in [0.05, 0.1) is 13.7 Å². The van der Waals surface area contributed by atoms with Gasteiger partial charge in [-0.2, -0.15) is 0 Å². The second-order valence-electron chi connectivity index (χ2n) is 5.23. The van der Waals surface area contributed by atoms with Crippen molar-refractivity contribution in [1.82, 2.24) is 4.42 Å². The maximum Gasteiger partial charge on any atom is 0.233 e. The molecule has 2 aromatic rings. The Labute approximate surface area is 146 Å². The van der Waals surface area contributed by atoms with E-state index in [4.69, 9.17) is 21.3 Å². The summed E-state index contributed by atoms with van der Waals surface area (Å²) in [4.78, 5) is 11.3. The highest BCUT2D eigenvalue weighted by molar-refractivity contribution is 6.20. The van der Waals surface area contributed by atoms with E-state index in [9.17, 15) is 9.90 Å². The summed E-state index contributed by atoms with van der Waals surface area (Å²) in [6.07, 6.45) is -1.72. The zero-order valence-electron chi connectivity index (χ0n) is 13.6. The number of hydrogen-bond donors (Lipinski definition) is 1. The van der Waals surface area contributed by atoms with Crippen LogP contribution >= 0.6 is 11.8 Å². The van der Waals surface area contributed by atoms with Crippen LogP contribution in [0.5, 0.6) is 11.5 Å². The minimum Gasteiger partial charge on any atom is -0.493 e. The van der Waals surface area contributed by atoms with Gasteiger partial charge in [-0.25, -0.2) is 0 Å². The molecule has 128 valence electrons. The number of para-hydroxylation sites is 2. The maximum atomic E-state index is 11.3. The Bertz CT molecular complexity index is 665. The van der Waals surface area contributed by atoms with E-state index in [0.717, 1.165) is 9.98 Å². The first-order valence-electron chi connectivity index (χ1n) is 7.49. The minimum absolute atomic E-state index is 0.0639. The third kappa shape index (κ3) is 4.63. The highest BCUT2D eigenvalue weighted by Gasteiger charge is 2.27. The Morgan fingerprint density at radius 1 is 1.12 bits per heavy atom. The van der Waals surface area contributed by atoms with Gasteiger partial charge in [-0.3, -0.25) is 9.21 Å².